The summed E-state index contributed by atoms with van der Waals surface area (Å²) >= 11 is 0. The summed E-state index contributed by atoms with van der Waals surface area (Å²) in [5, 5.41) is 3.63. The summed E-state index contributed by atoms with van der Waals surface area (Å²) in [7, 11) is 0. The molecular weight excluding hydrogens is 210 g/mol. The lowest BCUT2D eigenvalue weighted by Gasteiger charge is -2.29. The van der Waals surface area contributed by atoms with Crippen LogP contribution < -0.4 is 5.32 Å². The zero-order chi connectivity index (χ0) is 12.3. The number of aryl methyl sites for hydroxylation is 2. The van der Waals surface area contributed by atoms with Gasteiger partial charge in [0.1, 0.15) is 0 Å². The molecule has 1 aromatic rings. The highest BCUT2D eigenvalue weighted by Crippen LogP contribution is 2.21. The van der Waals surface area contributed by atoms with E-state index in [9.17, 15) is 0 Å². The minimum absolute atomic E-state index is 0.386. The largest absolute Gasteiger partial charge is 0.382 e. The van der Waals surface area contributed by atoms with Crippen LogP contribution in [0.3, 0.4) is 0 Å². The molecule has 1 fully saturated rings. The van der Waals surface area contributed by atoms with Gasteiger partial charge in [-0.15, -0.1) is 0 Å². The van der Waals surface area contributed by atoms with E-state index >= 15 is 0 Å². The Morgan fingerprint density at radius 2 is 2.24 bits per heavy atom. The second-order valence-electron chi connectivity index (χ2n) is 5.04. The lowest BCUT2D eigenvalue weighted by molar-refractivity contribution is 0.0232. The summed E-state index contributed by atoms with van der Waals surface area (Å²) in [5.41, 5.74) is 4.08. The van der Waals surface area contributed by atoms with Gasteiger partial charge in [-0.2, -0.15) is 0 Å². The van der Waals surface area contributed by atoms with Crippen molar-refractivity contribution in [2.45, 2.75) is 52.2 Å². The summed E-state index contributed by atoms with van der Waals surface area (Å²) in [4.78, 5) is 0. The molecule has 1 saturated heterocycles. The van der Waals surface area contributed by atoms with Gasteiger partial charge in [-0.3, -0.25) is 0 Å². The number of nitrogens with one attached hydrogen (secondary N) is 1. The number of anilines is 1. The van der Waals surface area contributed by atoms with Crippen LogP contribution in [0.25, 0.3) is 0 Å². The fourth-order valence-corrected chi connectivity index (χ4v) is 2.51. The standard InChI is InChI=1S/C15H23NO/c1-4-13-10-14(6-5-11(13)2)16-15-7-8-17-12(3)9-15/h5-6,10,12,15-16H,4,7-9H2,1-3H3. The molecule has 2 nitrogen and oxygen atoms in total. The normalized spacial score (nSPS) is 24.6. The minimum Gasteiger partial charge on any atom is -0.382 e. The molecule has 2 heteroatoms. The van der Waals surface area contributed by atoms with Gasteiger partial charge in [-0.05, 0) is 56.4 Å². The number of rotatable bonds is 3. The minimum atomic E-state index is 0.386. The highest BCUT2D eigenvalue weighted by atomic mass is 16.5. The predicted octanol–water partition coefficient (Wildman–Crippen LogP) is 3.54. The van der Waals surface area contributed by atoms with Crippen molar-refractivity contribution in [3.63, 3.8) is 0 Å². The highest BCUT2D eigenvalue weighted by Gasteiger charge is 2.18. The molecule has 1 aliphatic heterocycles. The highest BCUT2D eigenvalue weighted by molar-refractivity contribution is 5.49. The molecule has 2 rings (SSSR count). The van der Waals surface area contributed by atoms with Gasteiger partial charge >= 0.3 is 0 Å². The van der Waals surface area contributed by atoms with E-state index < -0.39 is 0 Å². The van der Waals surface area contributed by atoms with Crippen molar-refractivity contribution in [1.29, 1.82) is 0 Å². The van der Waals surface area contributed by atoms with E-state index in [1.165, 1.54) is 16.8 Å². The molecule has 0 aromatic heterocycles. The van der Waals surface area contributed by atoms with Crippen LogP contribution in [-0.2, 0) is 11.2 Å². The van der Waals surface area contributed by atoms with Crippen molar-refractivity contribution in [3.8, 4) is 0 Å². The van der Waals surface area contributed by atoms with Gasteiger partial charge in [0.15, 0.2) is 0 Å². The van der Waals surface area contributed by atoms with Gasteiger partial charge in [0.2, 0.25) is 0 Å². The summed E-state index contributed by atoms with van der Waals surface area (Å²) in [6.45, 7) is 7.42. The average molecular weight is 233 g/mol. The third kappa shape index (κ3) is 3.22. The van der Waals surface area contributed by atoms with E-state index in [1.807, 2.05) is 0 Å². The van der Waals surface area contributed by atoms with Gasteiger partial charge in [0.25, 0.3) is 0 Å². The molecular formula is C15H23NO. The summed E-state index contributed by atoms with van der Waals surface area (Å²) in [6, 6.07) is 7.25. The predicted molar refractivity (Wildman–Crippen MR) is 72.6 cm³/mol. The van der Waals surface area contributed by atoms with E-state index in [1.54, 1.807) is 0 Å². The third-order valence-electron chi connectivity index (χ3n) is 3.59. The van der Waals surface area contributed by atoms with Crippen LogP contribution in [0, 0.1) is 6.92 Å². The van der Waals surface area contributed by atoms with Crippen LogP contribution in [0.5, 0.6) is 0 Å². The Morgan fingerprint density at radius 3 is 2.94 bits per heavy atom. The molecule has 2 atom stereocenters. The van der Waals surface area contributed by atoms with Gasteiger partial charge in [0, 0.05) is 18.3 Å². The SMILES string of the molecule is CCc1cc(NC2CCOC(C)C2)ccc1C. The topological polar surface area (TPSA) is 21.3 Å². The van der Waals surface area contributed by atoms with Gasteiger partial charge in [-0.25, -0.2) is 0 Å². The first-order valence-corrected chi connectivity index (χ1v) is 6.66. The molecule has 0 amide bonds. The van der Waals surface area contributed by atoms with Crippen molar-refractivity contribution in [1.82, 2.24) is 0 Å². The molecule has 0 radical (unpaired) electrons. The Balaban J connectivity index is 2.02. The van der Waals surface area contributed by atoms with Gasteiger partial charge in [0.05, 0.1) is 6.10 Å². The molecule has 0 spiro atoms. The number of ether oxygens (including phenoxy) is 1. The maximum atomic E-state index is 5.57. The molecule has 17 heavy (non-hydrogen) atoms. The van der Waals surface area contributed by atoms with Gasteiger partial charge in [-0.1, -0.05) is 13.0 Å². The maximum Gasteiger partial charge on any atom is 0.0566 e. The van der Waals surface area contributed by atoms with Crippen LogP contribution in [0.15, 0.2) is 18.2 Å². The van der Waals surface area contributed by atoms with Crippen LogP contribution in [0.2, 0.25) is 0 Å². The molecule has 1 aliphatic rings. The molecule has 0 bridgehead atoms. The van der Waals surface area contributed by atoms with E-state index in [0.29, 0.717) is 12.1 Å². The Morgan fingerprint density at radius 1 is 1.41 bits per heavy atom. The van der Waals surface area contributed by atoms with Crippen molar-refractivity contribution >= 4 is 5.69 Å². The first-order chi connectivity index (χ1) is 8.19. The summed E-state index contributed by atoms with van der Waals surface area (Å²) in [6.07, 6.45) is 3.71. The molecule has 0 aliphatic carbocycles. The van der Waals surface area contributed by atoms with E-state index in [0.717, 1.165) is 25.9 Å². The Hall–Kier alpha value is -1.02. The van der Waals surface area contributed by atoms with E-state index in [4.69, 9.17) is 4.74 Å². The van der Waals surface area contributed by atoms with Crippen LogP contribution in [-0.4, -0.2) is 18.8 Å². The van der Waals surface area contributed by atoms with Crippen molar-refractivity contribution in [2.75, 3.05) is 11.9 Å². The van der Waals surface area contributed by atoms with E-state index in [-0.39, 0.29) is 0 Å². The third-order valence-corrected chi connectivity index (χ3v) is 3.59. The van der Waals surface area contributed by atoms with E-state index in [2.05, 4.69) is 44.3 Å². The smallest absolute Gasteiger partial charge is 0.0566 e. The molecule has 94 valence electrons. The fraction of sp³-hybridized carbons (Fsp3) is 0.600. The van der Waals surface area contributed by atoms with Crippen LogP contribution in [0.1, 0.15) is 37.8 Å². The van der Waals surface area contributed by atoms with Crippen LogP contribution >= 0.6 is 0 Å². The molecule has 1 heterocycles. The molecule has 0 saturated carbocycles. The fourth-order valence-electron chi connectivity index (χ4n) is 2.51. The lowest BCUT2D eigenvalue weighted by Crippen LogP contribution is -2.32. The Labute approximate surface area is 104 Å². The molecule has 2 unspecified atom stereocenters. The Kier molecular flexibility index (Phi) is 4.06. The quantitative estimate of drug-likeness (QED) is 0.862. The Bertz CT molecular complexity index is 375. The number of benzene rings is 1. The van der Waals surface area contributed by atoms with Gasteiger partial charge < -0.3 is 10.1 Å². The zero-order valence-corrected chi connectivity index (χ0v) is 11.1. The van der Waals surface area contributed by atoms with Crippen molar-refractivity contribution in [3.05, 3.63) is 29.3 Å². The zero-order valence-electron chi connectivity index (χ0n) is 11.1. The number of hydrogen-bond donors (Lipinski definition) is 1. The maximum absolute atomic E-state index is 5.57. The summed E-state index contributed by atoms with van der Waals surface area (Å²) < 4.78 is 5.57. The molecule has 1 N–H and O–H groups in total. The van der Waals surface area contributed by atoms with Crippen LogP contribution in [0.4, 0.5) is 5.69 Å². The summed E-state index contributed by atoms with van der Waals surface area (Å²) in [5.74, 6) is 0. The monoisotopic (exact) mass is 233 g/mol. The van der Waals surface area contributed by atoms with Crippen molar-refractivity contribution < 1.29 is 4.74 Å². The second-order valence-corrected chi connectivity index (χ2v) is 5.04. The first-order valence-electron chi connectivity index (χ1n) is 6.66. The lowest BCUT2D eigenvalue weighted by atomic mass is 10.0. The second kappa shape index (κ2) is 5.54. The average Bonchev–Trinajstić information content (AvgIpc) is 2.32. The number of hydrogen-bond acceptors (Lipinski definition) is 2. The van der Waals surface area contributed by atoms with Crippen molar-refractivity contribution in [2.24, 2.45) is 0 Å². The first kappa shape index (κ1) is 12.4. The molecule has 1 aromatic carbocycles.